The van der Waals surface area contributed by atoms with Crippen LogP contribution in [-0.4, -0.2) is 31.0 Å². The van der Waals surface area contributed by atoms with Crippen LogP contribution >= 0.6 is 0 Å². The maximum Gasteiger partial charge on any atom is 0.192 e. The Kier molecular flexibility index (Phi) is 5.93. The Morgan fingerprint density at radius 1 is 1.15 bits per heavy atom. The Hall–Kier alpha value is -1.66. The molecule has 0 saturated carbocycles. The lowest BCUT2D eigenvalue weighted by atomic mass is 9.91. The number of hydrogen-bond acceptors (Lipinski definition) is 4. The maximum absolute atomic E-state index is 12.7. The van der Waals surface area contributed by atoms with Crippen molar-refractivity contribution in [1.29, 1.82) is 0 Å². The quantitative estimate of drug-likeness (QED) is 0.638. The second-order valence-electron chi connectivity index (χ2n) is 9.68. The van der Waals surface area contributed by atoms with Crippen molar-refractivity contribution in [1.82, 2.24) is 9.78 Å². The molecule has 0 atom stereocenters. The third kappa shape index (κ3) is 4.61. The largest absolute Gasteiger partial charge is 0.494 e. The highest BCUT2D eigenvalue weighted by atomic mass is 28.4. The van der Waals surface area contributed by atoms with Crippen LogP contribution in [0, 0.1) is 5.41 Å². The Bertz CT molecular complexity index is 826. The van der Waals surface area contributed by atoms with Crippen molar-refractivity contribution in [3.8, 4) is 5.75 Å². The smallest absolute Gasteiger partial charge is 0.192 e. The van der Waals surface area contributed by atoms with Gasteiger partial charge in [0.25, 0.3) is 0 Å². The van der Waals surface area contributed by atoms with Crippen molar-refractivity contribution in [2.75, 3.05) is 7.11 Å². The molecule has 150 valence electrons. The van der Waals surface area contributed by atoms with Crippen LogP contribution < -0.4 is 4.74 Å². The van der Waals surface area contributed by atoms with Crippen molar-refractivity contribution in [3.63, 3.8) is 0 Å². The maximum atomic E-state index is 12.7. The molecule has 0 bridgehead atoms. The summed E-state index contributed by atoms with van der Waals surface area (Å²) >= 11 is 0. The summed E-state index contributed by atoms with van der Waals surface area (Å²) in [6.45, 7) is 17.6. The van der Waals surface area contributed by atoms with Crippen LogP contribution in [-0.2, 0) is 22.4 Å². The van der Waals surface area contributed by atoms with Crippen LogP contribution in [0.3, 0.4) is 0 Å². The van der Waals surface area contributed by atoms with Gasteiger partial charge in [-0.3, -0.25) is 9.48 Å². The molecule has 2 aromatic rings. The van der Waals surface area contributed by atoms with Gasteiger partial charge in [0.1, 0.15) is 17.8 Å². The van der Waals surface area contributed by atoms with Gasteiger partial charge >= 0.3 is 0 Å². The molecule has 27 heavy (non-hydrogen) atoms. The SMILES string of the molecule is COc1cccc2c(CO[Si](C)(C)C(C)(C)C)n(CC(=O)C(C)(C)C)nc12. The molecule has 0 aliphatic carbocycles. The minimum absolute atomic E-state index is 0.118. The van der Waals surface area contributed by atoms with Crippen LogP contribution in [0.5, 0.6) is 5.75 Å². The Morgan fingerprint density at radius 2 is 1.78 bits per heavy atom. The number of aromatic nitrogens is 2. The minimum Gasteiger partial charge on any atom is -0.494 e. The van der Waals surface area contributed by atoms with Crippen molar-refractivity contribution >= 4 is 25.0 Å². The van der Waals surface area contributed by atoms with E-state index in [-0.39, 0.29) is 17.4 Å². The van der Waals surface area contributed by atoms with Crippen LogP contribution in [0.4, 0.5) is 0 Å². The zero-order valence-electron chi connectivity index (χ0n) is 18.3. The van der Waals surface area contributed by atoms with Gasteiger partial charge in [-0.05, 0) is 24.2 Å². The average Bonchev–Trinajstić information content (AvgIpc) is 2.88. The highest BCUT2D eigenvalue weighted by molar-refractivity contribution is 6.74. The molecule has 1 heterocycles. The van der Waals surface area contributed by atoms with Crippen LogP contribution in [0.1, 0.15) is 47.2 Å². The number of nitrogens with zero attached hydrogens (tertiary/aromatic N) is 2. The van der Waals surface area contributed by atoms with E-state index in [1.54, 1.807) is 11.8 Å². The molecular weight excluding hydrogens is 356 g/mol. The normalized spacial score (nSPS) is 13.2. The predicted molar refractivity (Wildman–Crippen MR) is 113 cm³/mol. The lowest BCUT2D eigenvalue weighted by molar-refractivity contribution is -0.127. The molecule has 0 fully saturated rings. The van der Waals surface area contributed by atoms with E-state index < -0.39 is 13.7 Å². The van der Waals surface area contributed by atoms with Gasteiger partial charge < -0.3 is 9.16 Å². The molecule has 0 spiro atoms. The van der Waals surface area contributed by atoms with Crippen LogP contribution in [0.25, 0.3) is 10.9 Å². The summed E-state index contributed by atoms with van der Waals surface area (Å²) < 4.78 is 13.7. The highest BCUT2D eigenvalue weighted by Gasteiger charge is 2.37. The summed E-state index contributed by atoms with van der Waals surface area (Å²) in [6.07, 6.45) is 0. The van der Waals surface area contributed by atoms with E-state index in [1.807, 2.05) is 39.0 Å². The van der Waals surface area contributed by atoms with E-state index >= 15 is 0 Å². The Labute approximate surface area is 164 Å². The number of ether oxygens (including phenoxy) is 1. The number of carbonyl (C=O) groups excluding carboxylic acids is 1. The van der Waals surface area contributed by atoms with E-state index in [9.17, 15) is 4.79 Å². The fourth-order valence-electron chi connectivity index (χ4n) is 2.46. The van der Waals surface area contributed by atoms with E-state index in [2.05, 4.69) is 33.9 Å². The molecule has 0 unspecified atom stereocenters. The summed E-state index contributed by atoms with van der Waals surface area (Å²) in [5, 5.41) is 5.80. The average molecular weight is 391 g/mol. The standard InChI is InChI=1S/C21H34N2O3Si/c1-20(2,3)18(24)13-23-16(14-26-27(8,9)21(4,5)6)15-11-10-12-17(25-7)19(15)22-23/h10-12H,13-14H2,1-9H3. The number of Topliss-reactive ketones (excluding diaryl/α,β-unsaturated/α-hetero) is 1. The number of carbonyl (C=O) groups is 1. The zero-order valence-corrected chi connectivity index (χ0v) is 19.3. The molecule has 0 aliphatic heterocycles. The van der Waals surface area contributed by atoms with Gasteiger partial charge in [-0.1, -0.05) is 53.7 Å². The summed E-state index contributed by atoms with van der Waals surface area (Å²) in [7, 11) is -0.288. The van der Waals surface area contributed by atoms with Gasteiger partial charge in [0.15, 0.2) is 14.1 Å². The first-order valence-corrected chi connectivity index (χ1v) is 12.4. The molecule has 0 saturated heterocycles. The third-order valence-corrected chi connectivity index (χ3v) is 10.0. The van der Waals surface area contributed by atoms with Gasteiger partial charge in [0.05, 0.1) is 19.4 Å². The highest BCUT2D eigenvalue weighted by Crippen LogP contribution is 2.38. The van der Waals surface area contributed by atoms with Crippen molar-refractivity contribution < 1.29 is 14.0 Å². The Morgan fingerprint density at radius 3 is 2.30 bits per heavy atom. The van der Waals surface area contributed by atoms with E-state index in [0.717, 1.165) is 16.6 Å². The van der Waals surface area contributed by atoms with Crippen LogP contribution in [0.2, 0.25) is 18.1 Å². The number of fused-ring (bicyclic) bond motifs is 1. The fraction of sp³-hybridized carbons (Fsp3) is 0.619. The first kappa shape index (κ1) is 21.6. The molecule has 5 nitrogen and oxygen atoms in total. The van der Waals surface area contributed by atoms with Gasteiger partial charge in [0, 0.05) is 10.8 Å². The summed E-state index contributed by atoms with van der Waals surface area (Å²) in [6, 6.07) is 5.87. The summed E-state index contributed by atoms with van der Waals surface area (Å²) in [5.41, 5.74) is 1.29. The van der Waals surface area contributed by atoms with Gasteiger partial charge in [-0.2, -0.15) is 5.10 Å². The molecule has 0 N–H and O–H groups in total. The van der Waals surface area contributed by atoms with Crippen molar-refractivity contribution in [2.45, 2.75) is 72.8 Å². The molecule has 0 aliphatic rings. The second kappa shape index (κ2) is 7.39. The lowest BCUT2D eigenvalue weighted by Gasteiger charge is -2.36. The first-order valence-electron chi connectivity index (χ1n) is 9.47. The van der Waals surface area contributed by atoms with Gasteiger partial charge in [-0.25, -0.2) is 0 Å². The third-order valence-electron chi connectivity index (χ3n) is 5.57. The number of methoxy groups -OCH3 is 1. The predicted octanol–water partition coefficient (Wildman–Crippen LogP) is 5.18. The number of rotatable bonds is 6. The molecular formula is C21H34N2O3Si. The van der Waals surface area contributed by atoms with Gasteiger partial charge in [-0.15, -0.1) is 0 Å². The molecule has 1 aromatic heterocycles. The summed E-state index contributed by atoms with van der Waals surface area (Å²) in [4.78, 5) is 12.7. The molecule has 0 amide bonds. The van der Waals surface area contributed by atoms with Crippen molar-refractivity contribution in [3.05, 3.63) is 23.9 Å². The molecule has 0 radical (unpaired) electrons. The van der Waals surface area contributed by atoms with E-state index in [0.29, 0.717) is 12.4 Å². The Balaban J connectivity index is 2.48. The first-order chi connectivity index (χ1) is 12.3. The number of ketones is 1. The van der Waals surface area contributed by atoms with E-state index in [4.69, 9.17) is 14.3 Å². The zero-order chi connectivity index (χ0) is 20.6. The summed E-state index contributed by atoms with van der Waals surface area (Å²) in [5.74, 6) is 0.853. The fourth-order valence-corrected chi connectivity index (χ4v) is 3.40. The second-order valence-corrected chi connectivity index (χ2v) is 14.5. The lowest BCUT2D eigenvalue weighted by Crippen LogP contribution is -2.40. The number of benzene rings is 1. The molecule has 1 aromatic carbocycles. The molecule has 2 rings (SSSR count). The number of hydrogen-bond donors (Lipinski definition) is 0. The topological polar surface area (TPSA) is 53.4 Å². The van der Waals surface area contributed by atoms with Crippen molar-refractivity contribution in [2.24, 2.45) is 5.41 Å². The van der Waals surface area contributed by atoms with Gasteiger partial charge in [0.2, 0.25) is 0 Å². The van der Waals surface area contributed by atoms with Crippen LogP contribution in [0.15, 0.2) is 18.2 Å². The minimum atomic E-state index is -1.93. The van der Waals surface area contributed by atoms with E-state index in [1.165, 1.54) is 0 Å². The monoisotopic (exact) mass is 390 g/mol. The molecule has 6 heteroatoms.